The van der Waals surface area contributed by atoms with E-state index in [2.05, 4.69) is 4.90 Å². The van der Waals surface area contributed by atoms with Crippen molar-refractivity contribution in [3.8, 4) is 5.75 Å². The van der Waals surface area contributed by atoms with Gasteiger partial charge in [-0.25, -0.2) is 0 Å². The van der Waals surface area contributed by atoms with Crippen LogP contribution in [0.25, 0.3) is 0 Å². The quantitative estimate of drug-likeness (QED) is 0.467. The summed E-state index contributed by atoms with van der Waals surface area (Å²) in [5.74, 6) is 1.08. The molecule has 6 nitrogen and oxygen atoms in total. The molecule has 1 aromatic rings. The Morgan fingerprint density at radius 3 is 2.75 bits per heavy atom. The summed E-state index contributed by atoms with van der Waals surface area (Å²) in [6.07, 6.45) is 1.98. The summed E-state index contributed by atoms with van der Waals surface area (Å²) in [5, 5.41) is 19.6. The highest BCUT2D eigenvalue weighted by Gasteiger charge is 2.20. The summed E-state index contributed by atoms with van der Waals surface area (Å²) in [6.45, 7) is 3.84. The standard InChI is InChI=1S/C14H20N2O4/c17-11-12-6-8-15(10-12)7-1-9-20-14-4-2-13(3-5-14)16(18)19/h2-5,12,17H,1,6-11H2. The Kier molecular flexibility index (Phi) is 5.31. The third-order valence-electron chi connectivity index (χ3n) is 3.56. The molecule has 0 saturated carbocycles. The number of likely N-dealkylation sites (tertiary alicyclic amines) is 1. The van der Waals surface area contributed by atoms with Crippen molar-refractivity contribution in [1.82, 2.24) is 4.90 Å². The van der Waals surface area contributed by atoms with Gasteiger partial charge in [-0.15, -0.1) is 0 Å². The Morgan fingerprint density at radius 2 is 2.15 bits per heavy atom. The fourth-order valence-electron chi connectivity index (χ4n) is 2.41. The Hall–Kier alpha value is -1.66. The number of aliphatic hydroxyl groups is 1. The van der Waals surface area contributed by atoms with E-state index in [1.165, 1.54) is 12.1 Å². The van der Waals surface area contributed by atoms with Crippen molar-refractivity contribution in [2.45, 2.75) is 12.8 Å². The van der Waals surface area contributed by atoms with Crippen molar-refractivity contribution in [3.05, 3.63) is 34.4 Å². The predicted octanol–water partition coefficient (Wildman–Crippen LogP) is 1.68. The van der Waals surface area contributed by atoms with Crippen LogP contribution >= 0.6 is 0 Å². The summed E-state index contributed by atoms with van der Waals surface area (Å²) < 4.78 is 5.56. The van der Waals surface area contributed by atoms with Crippen LogP contribution in [0.5, 0.6) is 5.75 Å². The first kappa shape index (κ1) is 14.7. The number of hydrogen-bond donors (Lipinski definition) is 1. The van der Waals surface area contributed by atoms with E-state index >= 15 is 0 Å². The van der Waals surface area contributed by atoms with Crippen molar-refractivity contribution in [3.63, 3.8) is 0 Å². The van der Waals surface area contributed by atoms with Gasteiger partial charge in [-0.3, -0.25) is 10.1 Å². The number of nitro groups is 1. The van der Waals surface area contributed by atoms with E-state index in [0.717, 1.165) is 32.5 Å². The molecular formula is C14H20N2O4. The molecule has 0 aromatic heterocycles. The third kappa shape index (κ3) is 4.18. The topological polar surface area (TPSA) is 75.8 Å². The molecule has 0 amide bonds. The SMILES string of the molecule is O=[N+]([O-])c1ccc(OCCCN2CCC(CO)C2)cc1. The molecule has 1 fully saturated rings. The molecule has 110 valence electrons. The molecule has 1 N–H and O–H groups in total. The maximum atomic E-state index is 10.5. The zero-order valence-electron chi connectivity index (χ0n) is 11.4. The lowest BCUT2D eigenvalue weighted by Gasteiger charge is -2.15. The van der Waals surface area contributed by atoms with Crippen LogP contribution in [0, 0.1) is 16.0 Å². The van der Waals surface area contributed by atoms with Crippen LogP contribution in [0.1, 0.15) is 12.8 Å². The van der Waals surface area contributed by atoms with Crippen LogP contribution in [-0.4, -0.2) is 47.8 Å². The second-order valence-corrected chi connectivity index (χ2v) is 5.09. The van der Waals surface area contributed by atoms with E-state index in [9.17, 15) is 10.1 Å². The van der Waals surface area contributed by atoms with Crippen LogP contribution < -0.4 is 4.74 Å². The summed E-state index contributed by atoms with van der Waals surface area (Å²) in [7, 11) is 0. The van der Waals surface area contributed by atoms with Gasteiger partial charge in [-0.1, -0.05) is 0 Å². The number of rotatable bonds is 7. The highest BCUT2D eigenvalue weighted by molar-refractivity contribution is 5.35. The molecular weight excluding hydrogens is 260 g/mol. The Balaban J connectivity index is 1.65. The van der Waals surface area contributed by atoms with E-state index in [1.54, 1.807) is 12.1 Å². The van der Waals surface area contributed by atoms with Crippen LogP contribution in [-0.2, 0) is 0 Å². The maximum Gasteiger partial charge on any atom is 0.269 e. The van der Waals surface area contributed by atoms with Gasteiger partial charge >= 0.3 is 0 Å². The molecule has 1 aliphatic heterocycles. The normalized spacial score (nSPS) is 19.1. The zero-order valence-corrected chi connectivity index (χ0v) is 11.4. The summed E-state index contributed by atoms with van der Waals surface area (Å²) in [6, 6.07) is 6.13. The first-order valence-electron chi connectivity index (χ1n) is 6.89. The summed E-state index contributed by atoms with van der Waals surface area (Å²) in [5.41, 5.74) is 0.0736. The fraction of sp³-hybridized carbons (Fsp3) is 0.571. The number of benzene rings is 1. The predicted molar refractivity (Wildman–Crippen MR) is 74.8 cm³/mol. The maximum absolute atomic E-state index is 10.5. The highest BCUT2D eigenvalue weighted by atomic mass is 16.6. The Labute approximate surface area is 118 Å². The molecule has 0 bridgehead atoms. The third-order valence-corrected chi connectivity index (χ3v) is 3.56. The zero-order chi connectivity index (χ0) is 14.4. The minimum absolute atomic E-state index is 0.0736. The van der Waals surface area contributed by atoms with Crippen LogP contribution in [0.3, 0.4) is 0 Å². The Morgan fingerprint density at radius 1 is 1.40 bits per heavy atom. The average molecular weight is 280 g/mol. The number of nitrogens with zero attached hydrogens (tertiary/aromatic N) is 2. The van der Waals surface area contributed by atoms with Crippen LogP contribution in [0.15, 0.2) is 24.3 Å². The van der Waals surface area contributed by atoms with Gasteiger partial charge in [0, 0.05) is 31.8 Å². The van der Waals surface area contributed by atoms with Crippen molar-refractivity contribution in [1.29, 1.82) is 0 Å². The molecule has 2 rings (SSSR count). The van der Waals surface area contributed by atoms with Gasteiger partial charge in [0.1, 0.15) is 5.75 Å². The minimum atomic E-state index is -0.422. The van der Waals surface area contributed by atoms with Crippen molar-refractivity contribution in [2.75, 3.05) is 32.8 Å². The van der Waals surface area contributed by atoms with E-state index < -0.39 is 4.92 Å². The van der Waals surface area contributed by atoms with Crippen LogP contribution in [0.4, 0.5) is 5.69 Å². The molecule has 1 saturated heterocycles. The van der Waals surface area contributed by atoms with Crippen molar-refractivity contribution < 1.29 is 14.8 Å². The van der Waals surface area contributed by atoms with Gasteiger partial charge in [0.15, 0.2) is 0 Å². The molecule has 20 heavy (non-hydrogen) atoms. The lowest BCUT2D eigenvalue weighted by molar-refractivity contribution is -0.384. The molecule has 1 heterocycles. The van der Waals surface area contributed by atoms with Gasteiger partial charge in [-0.05, 0) is 37.4 Å². The number of nitro benzene ring substituents is 1. The molecule has 1 atom stereocenters. The van der Waals surface area contributed by atoms with Crippen molar-refractivity contribution >= 4 is 5.69 Å². The van der Waals surface area contributed by atoms with E-state index in [-0.39, 0.29) is 12.3 Å². The molecule has 1 aromatic carbocycles. The average Bonchev–Trinajstić information content (AvgIpc) is 2.92. The summed E-state index contributed by atoms with van der Waals surface area (Å²) >= 11 is 0. The van der Waals surface area contributed by atoms with Gasteiger partial charge in [-0.2, -0.15) is 0 Å². The monoisotopic (exact) mass is 280 g/mol. The largest absolute Gasteiger partial charge is 0.494 e. The van der Waals surface area contributed by atoms with Gasteiger partial charge < -0.3 is 14.7 Å². The van der Waals surface area contributed by atoms with E-state index in [0.29, 0.717) is 18.3 Å². The van der Waals surface area contributed by atoms with Gasteiger partial charge in [0.05, 0.1) is 11.5 Å². The molecule has 1 aliphatic rings. The second-order valence-electron chi connectivity index (χ2n) is 5.09. The summed E-state index contributed by atoms with van der Waals surface area (Å²) in [4.78, 5) is 12.4. The smallest absolute Gasteiger partial charge is 0.269 e. The number of non-ortho nitro benzene ring substituents is 1. The first-order chi connectivity index (χ1) is 9.69. The first-order valence-corrected chi connectivity index (χ1v) is 6.89. The van der Waals surface area contributed by atoms with Gasteiger partial charge in [0.25, 0.3) is 5.69 Å². The fourth-order valence-corrected chi connectivity index (χ4v) is 2.41. The lowest BCUT2D eigenvalue weighted by atomic mass is 10.1. The number of ether oxygens (including phenoxy) is 1. The number of aliphatic hydroxyl groups excluding tert-OH is 1. The molecule has 1 unspecified atom stereocenters. The van der Waals surface area contributed by atoms with E-state index in [1.807, 2.05) is 0 Å². The van der Waals surface area contributed by atoms with Gasteiger partial charge in [0.2, 0.25) is 0 Å². The molecule has 6 heteroatoms. The molecule has 0 radical (unpaired) electrons. The lowest BCUT2D eigenvalue weighted by Crippen LogP contribution is -2.24. The highest BCUT2D eigenvalue weighted by Crippen LogP contribution is 2.18. The molecule has 0 aliphatic carbocycles. The van der Waals surface area contributed by atoms with Crippen molar-refractivity contribution in [2.24, 2.45) is 5.92 Å². The Bertz CT molecular complexity index is 435. The minimum Gasteiger partial charge on any atom is -0.494 e. The van der Waals surface area contributed by atoms with Crippen LogP contribution in [0.2, 0.25) is 0 Å². The number of hydrogen-bond acceptors (Lipinski definition) is 5. The molecule has 0 spiro atoms. The van der Waals surface area contributed by atoms with E-state index in [4.69, 9.17) is 9.84 Å². The second kappa shape index (κ2) is 7.21.